The van der Waals surface area contributed by atoms with E-state index < -0.39 is 0 Å². The van der Waals surface area contributed by atoms with Gasteiger partial charge in [0.15, 0.2) is 0 Å². The Bertz CT molecular complexity index is 563. The van der Waals surface area contributed by atoms with Crippen molar-refractivity contribution in [2.45, 2.75) is 25.8 Å². The summed E-state index contributed by atoms with van der Waals surface area (Å²) in [7, 11) is 0. The van der Waals surface area contributed by atoms with Crippen molar-refractivity contribution >= 4 is 28.9 Å². The van der Waals surface area contributed by atoms with Crippen LogP contribution in [0.15, 0.2) is 17.2 Å². The Morgan fingerprint density at radius 3 is 2.61 bits per heavy atom. The van der Waals surface area contributed by atoms with Gasteiger partial charge in [-0.1, -0.05) is 11.8 Å². The molecule has 0 saturated heterocycles. The maximum Gasteiger partial charge on any atom is 0.140 e. The van der Waals surface area contributed by atoms with E-state index in [1.807, 2.05) is 26.0 Å². The molecular formula is C12H13N3OS2. The fourth-order valence-corrected chi connectivity index (χ4v) is 2.96. The molecule has 94 valence electrons. The number of aryl methyl sites for hydroxylation is 2. The first-order valence-corrected chi connectivity index (χ1v) is 7.27. The number of thioether (sulfide) groups is 1. The van der Waals surface area contributed by atoms with Crippen LogP contribution in [0.1, 0.15) is 17.6 Å². The van der Waals surface area contributed by atoms with E-state index in [9.17, 15) is 4.79 Å². The standard InChI is InChI=1S/C12H13N3OS2/c1-7(16)6-17-11-5-4-10(14-15-11)12-8(2)13-9(3)18-12/h4-5H,6H2,1-3H3. The Morgan fingerprint density at radius 1 is 1.33 bits per heavy atom. The summed E-state index contributed by atoms with van der Waals surface area (Å²) in [5.41, 5.74) is 1.82. The molecule has 0 bridgehead atoms. The monoisotopic (exact) mass is 279 g/mol. The van der Waals surface area contributed by atoms with E-state index in [1.54, 1.807) is 18.3 Å². The number of hydrogen-bond acceptors (Lipinski definition) is 6. The van der Waals surface area contributed by atoms with Gasteiger partial charge in [-0.05, 0) is 32.9 Å². The summed E-state index contributed by atoms with van der Waals surface area (Å²) < 4.78 is 0. The molecule has 2 rings (SSSR count). The third-order valence-corrected chi connectivity index (χ3v) is 4.36. The lowest BCUT2D eigenvalue weighted by atomic mass is 10.3. The van der Waals surface area contributed by atoms with Crippen molar-refractivity contribution in [3.05, 3.63) is 22.8 Å². The first kappa shape index (κ1) is 13.2. The van der Waals surface area contributed by atoms with Crippen molar-refractivity contribution in [1.82, 2.24) is 15.2 Å². The first-order chi connectivity index (χ1) is 8.56. The molecule has 0 fully saturated rings. The molecule has 0 atom stereocenters. The minimum absolute atomic E-state index is 0.139. The van der Waals surface area contributed by atoms with Crippen LogP contribution >= 0.6 is 23.1 Å². The number of Topliss-reactive ketones (excluding diaryl/α,β-unsaturated/α-hetero) is 1. The van der Waals surface area contributed by atoms with Crippen LogP contribution in [0.5, 0.6) is 0 Å². The Morgan fingerprint density at radius 2 is 2.11 bits per heavy atom. The first-order valence-electron chi connectivity index (χ1n) is 5.46. The molecule has 2 aromatic rings. The fraction of sp³-hybridized carbons (Fsp3) is 0.333. The summed E-state index contributed by atoms with van der Waals surface area (Å²) in [6, 6.07) is 3.82. The predicted octanol–water partition coefficient (Wildman–Crippen LogP) is 2.90. The fourth-order valence-electron chi connectivity index (χ4n) is 1.46. The van der Waals surface area contributed by atoms with Crippen LogP contribution in [0.4, 0.5) is 0 Å². The van der Waals surface area contributed by atoms with Crippen molar-refractivity contribution in [2.75, 3.05) is 5.75 Å². The Labute approximate surface area is 114 Å². The summed E-state index contributed by atoms with van der Waals surface area (Å²) in [6.07, 6.45) is 0. The number of carbonyl (C=O) groups is 1. The second kappa shape index (κ2) is 5.58. The maximum absolute atomic E-state index is 10.9. The Balaban J connectivity index is 2.17. The second-order valence-electron chi connectivity index (χ2n) is 3.89. The third-order valence-electron chi connectivity index (χ3n) is 2.20. The minimum Gasteiger partial charge on any atom is -0.299 e. The van der Waals surface area contributed by atoms with Gasteiger partial charge in [-0.25, -0.2) is 4.98 Å². The molecule has 18 heavy (non-hydrogen) atoms. The van der Waals surface area contributed by atoms with Crippen LogP contribution in [0.3, 0.4) is 0 Å². The zero-order valence-electron chi connectivity index (χ0n) is 10.4. The highest BCUT2D eigenvalue weighted by atomic mass is 32.2. The maximum atomic E-state index is 10.9. The highest BCUT2D eigenvalue weighted by Gasteiger charge is 2.09. The highest BCUT2D eigenvalue weighted by Crippen LogP contribution is 2.28. The van der Waals surface area contributed by atoms with Crippen LogP contribution < -0.4 is 0 Å². The van der Waals surface area contributed by atoms with E-state index in [-0.39, 0.29) is 5.78 Å². The molecule has 0 aromatic carbocycles. The van der Waals surface area contributed by atoms with Crippen molar-refractivity contribution in [3.8, 4) is 10.6 Å². The quantitative estimate of drug-likeness (QED) is 0.805. The topological polar surface area (TPSA) is 55.7 Å². The summed E-state index contributed by atoms with van der Waals surface area (Å²) >= 11 is 3.02. The zero-order chi connectivity index (χ0) is 13.1. The van der Waals surface area contributed by atoms with Crippen LogP contribution in [-0.4, -0.2) is 26.7 Å². The molecule has 0 unspecified atom stereocenters. The molecule has 6 heteroatoms. The molecular weight excluding hydrogens is 266 g/mol. The summed E-state index contributed by atoms with van der Waals surface area (Å²) in [5.74, 6) is 0.576. The number of aromatic nitrogens is 3. The van der Waals surface area contributed by atoms with Gasteiger partial charge in [0, 0.05) is 0 Å². The van der Waals surface area contributed by atoms with Gasteiger partial charge in [-0.2, -0.15) is 0 Å². The van der Waals surface area contributed by atoms with E-state index in [2.05, 4.69) is 15.2 Å². The molecule has 0 aliphatic heterocycles. The van der Waals surface area contributed by atoms with Gasteiger partial charge in [-0.3, -0.25) is 4.79 Å². The molecule has 0 radical (unpaired) electrons. The molecule has 0 saturated carbocycles. The van der Waals surface area contributed by atoms with Gasteiger partial charge in [0.05, 0.1) is 21.3 Å². The van der Waals surface area contributed by atoms with Crippen LogP contribution in [0.2, 0.25) is 0 Å². The van der Waals surface area contributed by atoms with Gasteiger partial charge in [-0.15, -0.1) is 21.5 Å². The average molecular weight is 279 g/mol. The summed E-state index contributed by atoms with van der Waals surface area (Å²) in [4.78, 5) is 16.3. The van der Waals surface area contributed by atoms with Crippen molar-refractivity contribution in [2.24, 2.45) is 0 Å². The number of ketones is 1. The van der Waals surface area contributed by atoms with Gasteiger partial charge in [0.1, 0.15) is 16.5 Å². The lowest BCUT2D eigenvalue weighted by Crippen LogP contribution is -1.95. The second-order valence-corrected chi connectivity index (χ2v) is 6.09. The SMILES string of the molecule is CC(=O)CSc1ccc(-c2sc(C)nc2C)nn1. The Hall–Kier alpha value is -1.27. The Kier molecular flexibility index (Phi) is 4.08. The molecule has 0 aliphatic carbocycles. The molecule has 0 spiro atoms. The number of nitrogens with zero attached hydrogens (tertiary/aromatic N) is 3. The lowest BCUT2D eigenvalue weighted by molar-refractivity contribution is -0.114. The zero-order valence-corrected chi connectivity index (χ0v) is 12.1. The number of carbonyl (C=O) groups excluding carboxylic acids is 1. The van der Waals surface area contributed by atoms with Crippen LogP contribution in [0.25, 0.3) is 10.6 Å². The van der Waals surface area contributed by atoms with Crippen LogP contribution in [0, 0.1) is 13.8 Å². The molecule has 2 aromatic heterocycles. The lowest BCUT2D eigenvalue weighted by Gasteiger charge is -1.99. The smallest absolute Gasteiger partial charge is 0.140 e. The van der Waals surface area contributed by atoms with E-state index >= 15 is 0 Å². The highest BCUT2D eigenvalue weighted by molar-refractivity contribution is 7.99. The van der Waals surface area contributed by atoms with E-state index in [1.165, 1.54) is 11.8 Å². The molecule has 0 amide bonds. The normalized spacial score (nSPS) is 10.6. The summed E-state index contributed by atoms with van der Waals surface area (Å²) in [5, 5.41) is 10.1. The van der Waals surface area contributed by atoms with Crippen molar-refractivity contribution in [1.29, 1.82) is 0 Å². The van der Waals surface area contributed by atoms with Crippen molar-refractivity contribution in [3.63, 3.8) is 0 Å². The van der Waals surface area contributed by atoms with Gasteiger partial charge >= 0.3 is 0 Å². The third kappa shape index (κ3) is 3.14. The van der Waals surface area contributed by atoms with E-state index in [4.69, 9.17) is 0 Å². The molecule has 0 N–H and O–H groups in total. The van der Waals surface area contributed by atoms with Crippen molar-refractivity contribution < 1.29 is 4.79 Å². The average Bonchev–Trinajstić information content (AvgIpc) is 2.66. The van der Waals surface area contributed by atoms with Gasteiger partial charge in [0.25, 0.3) is 0 Å². The van der Waals surface area contributed by atoms with E-state index in [0.717, 1.165) is 26.3 Å². The predicted molar refractivity (Wildman–Crippen MR) is 74.0 cm³/mol. The van der Waals surface area contributed by atoms with Gasteiger partial charge < -0.3 is 0 Å². The number of rotatable bonds is 4. The molecule has 0 aliphatic rings. The molecule has 2 heterocycles. The number of thiazole rings is 1. The molecule has 4 nitrogen and oxygen atoms in total. The van der Waals surface area contributed by atoms with Gasteiger partial charge in [0.2, 0.25) is 0 Å². The van der Waals surface area contributed by atoms with E-state index in [0.29, 0.717) is 5.75 Å². The minimum atomic E-state index is 0.139. The number of hydrogen-bond donors (Lipinski definition) is 0. The van der Waals surface area contributed by atoms with Crippen LogP contribution in [-0.2, 0) is 4.79 Å². The summed E-state index contributed by atoms with van der Waals surface area (Å²) in [6.45, 7) is 5.52. The largest absolute Gasteiger partial charge is 0.299 e.